The summed E-state index contributed by atoms with van der Waals surface area (Å²) in [5.74, 6) is 0. The third kappa shape index (κ3) is 6.34. The van der Waals surface area contributed by atoms with Crippen LogP contribution >= 0.6 is 0 Å². The van der Waals surface area contributed by atoms with E-state index in [-0.39, 0.29) is 5.41 Å². The van der Waals surface area contributed by atoms with E-state index in [1.807, 2.05) is 0 Å². The van der Waals surface area contributed by atoms with Gasteiger partial charge in [0, 0.05) is 39.4 Å². The van der Waals surface area contributed by atoms with E-state index in [4.69, 9.17) is 0 Å². The first-order valence-electron chi connectivity index (χ1n) is 21.2. The van der Waals surface area contributed by atoms with Crippen molar-refractivity contribution >= 4 is 68.5 Å². The molecule has 2 aliphatic carbocycles. The number of hydrogen-bond acceptors (Lipinski definition) is 2. The van der Waals surface area contributed by atoms with Gasteiger partial charge in [0.1, 0.15) is 0 Å². The van der Waals surface area contributed by atoms with Gasteiger partial charge in [-0.25, -0.2) is 0 Å². The third-order valence-electron chi connectivity index (χ3n) is 12.7. The van der Waals surface area contributed by atoms with E-state index in [0.717, 1.165) is 41.3 Å². The number of allylic oxidation sites excluding steroid dienone is 4. The molecule has 0 heterocycles. The molecule has 0 saturated heterocycles. The highest BCUT2D eigenvalue weighted by Gasteiger charge is 2.43. The standard InChI is InChI=1S/C57H48N2Si/c1-57(2)53-35-19-18-34-52(53)56-54(57)36-21-37-55(56)59(45-26-12-5-13-27-45)47-28-20-33-51(42-47)60(48-29-14-6-15-30-48,49-31-16-7-17-32-49)50-40-38-46(39-41-50)58(43-22-8-3-9-23-43)44-24-10-4-11-25-44/h3-17,19-33,35-42H,18,34H2,1-2H3. The molecule has 0 radical (unpaired) electrons. The van der Waals surface area contributed by atoms with Crippen LogP contribution in [0.5, 0.6) is 0 Å². The van der Waals surface area contributed by atoms with E-state index < -0.39 is 8.07 Å². The largest absolute Gasteiger partial charge is 0.311 e. The van der Waals surface area contributed by atoms with Gasteiger partial charge in [0.15, 0.2) is 8.07 Å². The lowest BCUT2D eigenvalue weighted by atomic mass is 9.80. The molecular formula is C57H48N2Si. The molecule has 0 fully saturated rings. The van der Waals surface area contributed by atoms with Crippen LogP contribution in [-0.2, 0) is 5.41 Å². The summed E-state index contributed by atoms with van der Waals surface area (Å²) in [4.78, 5) is 4.86. The second-order valence-electron chi connectivity index (χ2n) is 16.4. The van der Waals surface area contributed by atoms with E-state index in [2.05, 4.69) is 254 Å². The summed E-state index contributed by atoms with van der Waals surface area (Å²) in [5, 5.41) is 5.37. The van der Waals surface area contributed by atoms with Gasteiger partial charge >= 0.3 is 0 Å². The third-order valence-corrected chi connectivity index (χ3v) is 17.4. The van der Waals surface area contributed by atoms with Crippen molar-refractivity contribution in [1.82, 2.24) is 0 Å². The highest BCUT2D eigenvalue weighted by atomic mass is 28.3. The van der Waals surface area contributed by atoms with Gasteiger partial charge in [0.2, 0.25) is 0 Å². The first-order chi connectivity index (χ1) is 29.5. The monoisotopic (exact) mass is 788 g/mol. The Morgan fingerprint density at radius 3 is 1.43 bits per heavy atom. The first kappa shape index (κ1) is 37.3. The molecule has 60 heavy (non-hydrogen) atoms. The normalized spacial score (nSPS) is 14.0. The Morgan fingerprint density at radius 2 is 0.867 bits per heavy atom. The predicted molar refractivity (Wildman–Crippen MR) is 258 cm³/mol. The summed E-state index contributed by atoms with van der Waals surface area (Å²) >= 11 is 0. The van der Waals surface area contributed by atoms with Gasteiger partial charge in [-0.3, -0.25) is 0 Å². The lowest BCUT2D eigenvalue weighted by Crippen LogP contribution is -2.74. The molecule has 0 spiro atoms. The SMILES string of the molecule is CC1(C)C2=C(CCC=C2)c2c(N(c3ccccc3)c3cccc([Si](c4ccccc4)(c4ccccc4)c4ccc(N(c5ccccc5)c5ccccc5)cc4)c3)cccc21. The number of benzene rings is 8. The number of hydrogen-bond donors (Lipinski definition) is 0. The van der Waals surface area contributed by atoms with Crippen LogP contribution in [0.4, 0.5) is 34.1 Å². The Kier molecular flexibility index (Phi) is 9.75. The maximum absolute atomic E-state index is 2.93. The van der Waals surface area contributed by atoms with Crippen molar-refractivity contribution in [2.45, 2.75) is 32.1 Å². The fraction of sp³-hybridized carbons (Fsp3) is 0.0877. The fourth-order valence-electron chi connectivity index (χ4n) is 9.94. The molecule has 3 heteroatoms. The lowest BCUT2D eigenvalue weighted by molar-refractivity contribution is 0.651. The van der Waals surface area contributed by atoms with Crippen molar-refractivity contribution in [2.75, 3.05) is 9.80 Å². The minimum atomic E-state index is -2.93. The maximum atomic E-state index is 2.52. The predicted octanol–water partition coefficient (Wildman–Crippen LogP) is 12.4. The molecule has 0 amide bonds. The van der Waals surface area contributed by atoms with E-state index in [1.165, 1.54) is 48.7 Å². The van der Waals surface area contributed by atoms with E-state index in [1.54, 1.807) is 0 Å². The van der Waals surface area contributed by atoms with Gasteiger partial charge < -0.3 is 9.80 Å². The van der Waals surface area contributed by atoms with Crippen LogP contribution in [0.1, 0.15) is 37.8 Å². The molecule has 290 valence electrons. The Hall–Kier alpha value is -6.94. The summed E-state index contributed by atoms with van der Waals surface area (Å²) < 4.78 is 0. The van der Waals surface area contributed by atoms with Crippen LogP contribution in [0, 0.1) is 0 Å². The molecule has 2 aliphatic rings. The number of nitrogens with zero attached hydrogens (tertiary/aromatic N) is 2. The fourth-order valence-corrected chi connectivity index (χ4v) is 14.7. The zero-order valence-electron chi connectivity index (χ0n) is 34.2. The van der Waals surface area contributed by atoms with Crippen molar-refractivity contribution in [3.8, 4) is 0 Å². The molecule has 8 aromatic rings. The van der Waals surface area contributed by atoms with Gasteiger partial charge in [-0.05, 0) is 117 Å². The van der Waals surface area contributed by atoms with Crippen LogP contribution in [0.15, 0.2) is 236 Å². The summed E-state index contributed by atoms with van der Waals surface area (Å²) in [6.45, 7) is 4.79. The molecule has 0 N–H and O–H groups in total. The Labute approximate surface area is 356 Å². The molecule has 0 unspecified atom stereocenters. The van der Waals surface area contributed by atoms with Crippen molar-refractivity contribution in [3.05, 3.63) is 247 Å². The molecule has 0 aromatic heterocycles. The molecule has 0 saturated carbocycles. The quantitative estimate of drug-likeness (QED) is 0.101. The van der Waals surface area contributed by atoms with E-state index in [9.17, 15) is 0 Å². The Balaban J connectivity index is 1.19. The molecule has 0 aliphatic heterocycles. The minimum Gasteiger partial charge on any atom is -0.311 e. The average molecular weight is 789 g/mol. The number of anilines is 6. The highest BCUT2D eigenvalue weighted by Crippen LogP contribution is 2.54. The van der Waals surface area contributed by atoms with Crippen molar-refractivity contribution in [3.63, 3.8) is 0 Å². The van der Waals surface area contributed by atoms with Crippen LogP contribution in [0.25, 0.3) is 5.57 Å². The number of rotatable bonds is 10. The van der Waals surface area contributed by atoms with Crippen LogP contribution in [-0.4, -0.2) is 8.07 Å². The summed E-state index contributed by atoms with van der Waals surface area (Å²) in [6, 6.07) is 80.7. The second-order valence-corrected chi connectivity index (χ2v) is 20.2. The minimum absolute atomic E-state index is 0.0622. The molecule has 2 nitrogen and oxygen atoms in total. The maximum Gasteiger partial charge on any atom is 0.179 e. The van der Waals surface area contributed by atoms with Crippen LogP contribution in [0.3, 0.4) is 0 Å². The van der Waals surface area contributed by atoms with Crippen LogP contribution in [0.2, 0.25) is 0 Å². The van der Waals surface area contributed by atoms with Crippen molar-refractivity contribution in [2.24, 2.45) is 0 Å². The number of fused-ring (bicyclic) bond motifs is 2. The summed E-state index contributed by atoms with van der Waals surface area (Å²) in [6.07, 6.45) is 6.87. The second kappa shape index (κ2) is 15.7. The lowest BCUT2D eigenvalue weighted by Gasteiger charge is -2.36. The number of para-hydroxylation sites is 3. The Bertz CT molecular complexity index is 2730. The van der Waals surface area contributed by atoms with Gasteiger partial charge in [-0.1, -0.05) is 178 Å². The molecule has 8 aromatic carbocycles. The molecule has 10 rings (SSSR count). The smallest absolute Gasteiger partial charge is 0.179 e. The van der Waals surface area contributed by atoms with Gasteiger partial charge in [0.25, 0.3) is 0 Å². The highest BCUT2D eigenvalue weighted by molar-refractivity contribution is 7.19. The van der Waals surface area contributed by atoms with Gasteiger partial charge in [-0.2, -0.15) is 0 Å². The summed E-state index contributed by atoms with van der Waals surface area (Å²) in [7, 11) is -2.93. The van der Waals surface area contributed by atoms with E-state index >= 15 is 0 Å². The molecule has 0 bridgehead atoms. The topological polar surface area (TPSA) is 6.48 Å². The first-order valence-corrected chi connectivity index (χ1v) is 23.2. The Morgan fingerprint density at radius 1 is 0.417 bits per heavy atom. The van der Waals surface area contributed by atoms with E-state index in [0.29, 0.717) is 0 Å². The van der Waals surface area contributed by atoms with Gasteiger partial charge in [-0.15, -0.1) is 0 Å². The van der Waals surface area contributed by atoms with Crippen LogP contribution < -0.4 is 30.5 Å². The summed E-state index contributed by atoms with van der Waals surface area (Å²) in [5.41, 5.74) is 12.6. The van der Waals surface area contributed by atoms with Crippen molar-refractivity contribution in [1.29, 1.82) is 0 Å². The van der Waals surface area contributed by atoms with Crippen molar-refractivity contribution < 1.29 is 0 Å². The zero-order chi connectivity index (χ0) is 40.5. The molecular weight excluding hydrogens is 741 g/mol. The molecule has 0 atom stereocenters. The zero-order valence-corrected chi connectivity index (χ0v) is 35.2. The van der Waals surface area contributed by atoms with Gasteiger partial charge in [0.05, 0.1) is 5.69 Å². The average Bonchev–Trinajstić information content (AvgIpc) is 3.55.